The number of amides is 1. The second-order valence-electron chi connectivity index (χ2n) is 6.09. The highest BCUT2D eigenvalue weighted by atomic mass is 19.1. The summed E-state index contributed by atoms with van der Waals surface area (Å²) in [5.74, 6) is -0.701. The molecule has 0 aliphatic carbocycles. The lowest BCUT2D eigenvalue weighted by Gasteiger charge is -2.18. The molecule has 0 aliphatic rings. The van der Waals surface area contributed by atoms with Gasteiger partial charge in [0.2, 0.25) is 5.91 Å². The van der Waals surface area contributed by atoms with Crippen LogP contribution in [0.2, 0.25) is 0 Å². The summed E-state index contributed by atoms with van der Waals surface area (Å²) in [6, 6.07) is 6.22. The fraction of sp³-hybridized carbons (Fsp3) is 0.294. The maximum absolute atomic E-state index is 13.7. The predicted molar refractivity (Wildman–Crippen MR) is 93.1 cm³/mol. The zero-order valence-electron chi connectivity index (χ0n) is 14.6. The highest BCUT2D eigenvalue weighted by Crippen LogP contribution is 2.10. The van der Waals surface area contributed by atoms with Crippen molar-refractivity contribution in [1.29, 1.82) is 0 Å². The Bertz CT molecular complexity index is 1110. The van der Waals surface area contributed by atoms with Crippen LogP contribution in [0.5, 0.6) is 0 Å². The average Bonchev–Trinajstić information content (AvgIpc) is 3.03. The molecule has 136 valence electrons. The molecule has 3 rings (SSSR count). The smallest absolute Gasteiger partial charge is 0.332 e. The van der Waals surface area contributed by atoms with Crippen molar-refractivity contribution in [2.45, 2.75) is 13.1 Å². The number of aromatic nitrogens is 4. The monoisotopic (exact) mass is 359 g/mol. The molecule has 0 unspecified atom stereocenters. The molecular weight excluding hydrogens is 341 g/mol. The van der Waals surface area contributed by atoms with E-state index in [4.69, 9.17) is 0 Å². The molecule has 26 heavy (non-hydrogen) atoms. The minimum atomic E-state index is -0.523. The lowest BCUT2D eigenvalue weighted by molar-refractivity contribution is -0.131. The largest absolute Gasteiger partial charge is 0.340 e. The van der Waals surface area contributed by atoms with Crippen LogP contribution in [0, 0.1) is 5.82 Å². The van der Waals surface area contributed by atoms with Crippen molar-refractivity contribution in [3.63, 3.8) is 0 Å². The molecule has 2 heterocycles. The van der Waals surface area contributed by atoms with Crippen LogP contribution in [0.3, 0.4) is 0 Å². The fourth-order valence-corrected chi connectivity index (χ4v) is 2.75. The molecule has 8 nitrogen and oxygen atoms in total. The quantitative estimate of drug-likeness (QED) is 0.668. The summed E-state index contributed by atoms with van der Waals surface area (Å²) in [4.78, 5) is 42.3. The highest BCUT2D eigenvalue weighted by Gasteiger charge is 2.18. The fourth-order valence-electron chi connectivity index (χ4n) is 2.75. The van der Waals surface area contributed by atoms with E-state index in [-0.39, 0.29) is 36.0 Å². The lowest BCUT2D eigenvalue weighted by atomic mass is 10.2. The zero-order chi connectivity index (χ0) is 19.0. The van der Waals surface area contributed by atoms with Crippen LogP contribution >= 0.6 is 0 Å². The Labute approximate surface area is 147 Å². The van der Waals surface area contributed by atoms with Crippen LogP contribution in [-0.4, -0.2) is 36.5 Å². The molecule has 0 atom stereocenters. The van der Waals surface area contributed by atoms with Gasteiger partial charge in [0.05, 0.1) is 6.33 Å². The van der Waals surface area contributed by atoms with E-state index in [0.717, 1.165) is 4.57 Å². The van der Waals surface area contributed by atoms with Crippen molar-refractivity contribution < 1.29 is 9.18 Å². The van der Waals surface area contributed by atoms with Crippen LogP contribution in [-0.2, 0) is 32.0 Å². The SMILES string of the molecule is CN(Cc1ccccc1F)C(=O)Cn1cnc2c1c(=O)n(C)c(=O)n2C. The van der Waals surface area contributed by atoms with Crippen molar-refractivity contribution in [3.8, 4) is 0 Å². The van der Waals surface area contributed by atoms with Gasteiger partial charge < -0.3 is 9.47 Å². The van der Waals surface area contributed by atoms with Crippen LogP contribution in [0.15, 0.2) is 40.2 Å². The van der Waals surface area contributed by atoms with Gasteiger partial charge in [-0.3, -0.25) is 18.7 Å². The minimum absolute atomic E-state index is 0.106. The molecule has 0 spiro atoms. The van der Waals surface area contributed by atoms with Crippen molar-refractivity contribution in [2.75, 3.05) is 7.05 Å². The number of benzene rings is 1. The third kappa shape index (κ3) is 2.92. The van der Waals surface area contributed by atoms with Gasteiger partial charge in [0.15, 0.2) is 11.2 Å². The molecular formula is C17H18FN5O3. The van der Waals surface area contributed by atoms with E-state index in [1.807, 2.05) is 0 Å². The Hall–Kier alpha value is -3.23. The van der Waals surface area contributed by atoms with Gasteiger partial charge in [-0.15, -0.1) is 0 Å². The summed E-state index contributed by atoms with van der Waals surface area (Å²) >= 11 is 0. The van der Waals surface area contributed by atoms with Crippen LogP contribution in [0.25, 0.3) is 11.2 Å². The number of fused-ring (bicyclic) bond motifs is 1. The van der Waals surface area contributed by atoms with Crippen molar-refractivity contribution in [3.05, 3.63) is 62.8 Å². The van der Waals surface area contributed by atoms with Gasteiger partial charge >= 0.3 is 5.69 Å². The van der Waals surface area contributed by atoms with Gasteiger partial charge in [-0.1, -0.05) is 18.2 Å². The lowest BCUT2D eigenvalue weighted by Crippen LogP contribution is -2.38. The van der Waals surface area contributed by atoms with E-state index < -0.39 is 11.2 Å². The van der Waals surface area contributed by atoms with Crippen molar-refractivity contribution >= 4 is 17.1 Å². The van der Waals surface area contributed by atoms with Crippen molar-refractivity contribution in [2.24, 2.45) is 14.1 Å². The normalized spacial score (nSPS) is 11.1. The van der Waals surface area contributed by atoms with Crippen LogP contribution < -0.4 is 11.2 Å². The molecule has 1 amide bonds. The topological polar surface area (TPSA) is 82.1 Å². The second-order valence-corrected chi connectivity index (χ2v) is 6.09. The van der Waals surface area contributed by atoms with Gasteiger partial charge in [-0.2, -0.15) is 0 Å². The molecule has 3 aromatic rings. The summed E-state index contributed by atoms with van der Waals surface area (Å²) in [6.45, 7) is -0.0382. The number of rotatable bonds is 4. The van der Waals surface area contributed by atoms with Gasteiger partial charge in [0, 0.05) is 33.3 Å². The second kappa shape index (κ2) is 6.58. The van der Waals surface area contributed by atoms with Gasteiger partial charge in [-0.25, -0.2) is 14.2 Å². The van der Waals surface area contributed by atoms with E-state index in [2.05, 4.69) is 4.98 Å². The molecule has 0 saturated heterocycles. The van der Waals surface area contributed by atoms with E-state index >= 15 is 0 Å². The number of likely N-dealkylation sites (N-methyl/N-ethyl adjacent to an activating group) is 1. The first-order chi connectivity index (χ1) is 12.3. The Morgan fingerprint density at radius 1 is 1.19 bits per heavy atom. The van der Waals surface area contributed by atoms with Gasteiger partial charge in [0.1, 0.15) is 12.4 Å². The molecule has 0 radical (unpaired) electrons. The number of carbonyl (C=O) groups excluding carboxylic acids is 1. The molecule has 2 aromatic heterocycles. The molecule has 0 N–H and O–H groups in total. The molecule has 0 saturated carbocycles. The summed E-state index contributed by atoms with van der Waals surface area (Å²) in [7, 11) is 4.43. The van der Waals surface area contributed by atoms with Gasteiger partial charge in [0.25, 0.3) is 5.56 Å². The van der Waals surface area contributed by atoms with E-state index in [1.54, 1.807) is 25.2 Å². The zero-order valence-corrected chi connectivity index (χ0v) is 14.6. The maximum Gasteiger partial charge on any atom is 0.332 e. The number of imidazole rings is 1. The summed E-state index contributed by atoms with van der Waals surface area (Å²) in [6.07, 6.45) is 1.35. The first-order valence-corrected chi connectivity index (χ1v) is 7.89. The Balaban J connectivity index is 1.89. The number of hydrogen-bond donors (Lipinski definition) is 0. The standard InChI is InChI=1S/C17H18FN5O3/c1-20(8-11-6-4-5-7-12(11)18)13(24)9-23-10-19-15-14(23)16(25)22(3)17(26)21(15)2/h4-7,10H,8-9H2,1-3H3. The number of halogens is 1. The van der Waals surface area contributed by atoms with E-state index in [0.29, 0.717) is 5.56 Å². The molecule has 0 aliphatic heterocycles. The summed E-state index contributed by atoms with van der Waals surface area (Å²) in [5, 5.41) is 0. The van der Waals surface area contributed by atoms with Crippen LogP contribution in [0.4, 0.5) is 4.39 Å². The highest BCUT2D eigenvalue weighted by molar-refractivity contribution is 5.78. The van der Waals surface area contributed by atoms with E-state index in [9.17, 15) is 18.8 Å². The Morgan fingerprint density at radius 2 is 1.88 bits per heavy atom. The predicted octanol–water partition coefficient (Wildman–Crippen LogP) is 0.231. The maximum atomic E-state index is 13.7. The number of nitrogens with zero attached hydrogens (tertiary/aromatic N) is 5. The molecule has 0 fully saturated rings. The minimum Gasteiger partial charge on any atom is -0.340 e. The number of aryl methyl sites for hydroxylation is 1. The first-order valence-electron chi connectivity index (χ1n) is 7.89. The third-order valence-corrected chi connectivity index (χ3v) is 4.31. The van der Waals surface area contributed by atoms with Crippen LogP contribution in [0.1, 0.15) is 5.56 Å². The van der Waals surface area contributed by atoms with Crippen molar-refractivity contribution in [1.82, 2.24) is 23.6 Å². The Kier molecular flexibility index (Phi) is 4.45. The molecule has 9 heteroatoms. The number of hydrogen-bond acceptors (Lipinski definition) is 4. The molecule has 0 bridgehead atoms. The summed E-state index contributed by atoms with van der Waals surface area (Å²) in [5.41, 5.74) is -0.233. The Morgan fingerprint density at radius 3 is 2.58 bits per heavy atom. The van der Waals surface area contributed by atoms with Gasteiger partial charge in [-0.05, 0) is 6.07 Å². The summed E-state index contributed by atoms with van der Waals surface area (Å²) < 4.78 is 17.4. The van der Waals surface area contributed by atoms with E-state index in [1.165, 1.54) is 40.5 Å². The first kappa shape index (κ1) is 17.6. The number of carbonyl (C=O) groups is 1. The molecule has 1 aromatic carbocycles. The third-order valence-electron chi connectivity index (χ3n) is 4.31. The average molecular weight is 359 g/mol.